The summed E-state index contributed by atoms with van der Waals surface area (Å²) in [6, 6.07) is 7.19. The van der Waals surface area contributed by atoms with Crippen molar-refractivity contribution in [1.82, 2.24) is 15.4 Å². The lowest BCUT2D eigenvalue weighted by Gasteiger charge is -2.23. The monoisotopic (exact) mass is 377 g/mol. The predicted molar refractivity (Wildman–Crippen MR) is 99.0 cm³/mol. The van der Waals surface area contributed by atoms with Gasteiger partial charge in [0.15, 0.2) is 0 Å². The summed E-state index contributed by atoms with van der Waals surface area (Å²) < 4.78 is 5.22. The summed E-state index contributed by atoms with van der Waals surface area (Å²) in [7, 11) is 0. The van der Waals surface area contributed by atoms with Gasteiger partial charge in [0.05, 0.1) is 17.8 Å². The summed E-state index contributed by atoms with van der Waals surface area (Å²) in [6.07, 6.45) is 0.619. The van der Waals surface area contributed by atoms with Crippen LogP contribution in [0.15, 0.2) is 28.8 Å². The van der Waals surface area contributed by atoms with E-state index in [1.807, 2.05) is 43.0 Å². The largest absolute Gasteiger partial charge is 0.392 e. The van der Waals surface area contributed by atoms with Crippen LogP contribution in [-0.2, 0) is 17.8 Å². The molecule has 0 aliphatic carbocycles. The summed E-state index contributed by atoms with van der Waals surface area (Å²) in [5.41, 5.74) is 2.92. The van der Waals surface area contributed by atoms with Gasteiger partial charge in [0.1, 0.15) is 5.76 Å². The molecule has 3 rings (SSSR count). The molecule has 0 radical (unpaired) electrons. The van der Waals surface area contributed by atoms with Crippen LogP contribution in [0.5, 0.6) is 0 Å². The molecule has 2 atom stereocenters. The van der Waals surface area contributed by atoms with Crippen LogP contribution in [0.3, 0.4) is 0 Å². The molecule has 140 valence electrons. The van der Waals surface area contributed by atoms with Crippen molar-refractivity contribution in [3.8, 4) is 0 Å². The Morgan fingerprint density at radius 1 is 1.42 bits per heavy atom. The van der Waals surface area contributed by atoms with Crippen LogP contribution in [0.25, 0.3) is 0 Å². The summed E-state index contributed by atoms with van der Waals surface area (Å²) in [4.78, 5) is 14.6. The molecule has 2 aromatic rings. The minimum absolute atomic E-state index is 0.0651. The van der Waals surface area contributed by atoms with Gasteiger partial charge in [-0.05, 0) is 43.5 Å². The van der Waals surface area contributed by atoms with Crippen molar-refractivity contribution in [1.29, 1.82) is 0 Å². The molecule has 0 spiro atoms. The fourth-order valence-electron chi connectivity index (χ4n) is 3.34. The van der Waals surface area contributed by atoms with E-state index in [0.717, 1.165) is 22.6 Å². The molecule has 2 heterocycles. The molecule has 0 saturated carbocycles. The zero-order valence-electron chi connectivity index (χ0n) is 15.0. The van der Waals surface area contributed by atoms with Crippen molar-refractivity contribution in [3.05, 3.63) is 51.9 Å². The molecule has 6 nitrogen and oxygen atoms in total. The highest BCUT2D eigenvalue weighted by Gasteiger charge is 2.35. The molecule has 26 heavy (non-hydrogen) atoms. The van der Waals surface area contributed by atoms with Gasteiger partial charge in [0.25, 0.3) is 0 Å². The summed E-state index contributed by atoms with van der Waals surface area (Å²) >= 11 is 5.97. The normalized spacial score (nSPS) is 20.5. The summed E-state index contributed by atoms with van der Waals surface area (Å²) in [6.45, 7) is 5.43. The standard InChI is InChI=1S/C19H24ClN3O3/c1-12-7-15(20)4-3-14(12)10-21-19(25)18-9-16(24)11-23(18)6-5-17-8-13(2)22-26-17/h3-4,7-8,16,18,24H,5-6,9-11H2,1-2H3,(H,21,25)/t16-,18+/m1/s1. The van der Waals surface area contributed by atoms with Gasteiger partial charge in [0, 0.05) is 37.1 Å². The van der Waals surface area contributed by atoms with E-state index in [1.165, 1.54) is 0 Å². The van der Waals surface area contributed by atoms with E-state index in [2.05, 4.69) is 10.5 Å². The number of nitrogens with one attached hydrogen (secondary N) is 1. The van der Waals surface area contributed by atoms with Gasteiger partial charge in [-0.25, -0.2) is 0 Å². The van der Waals surface area contributed by atoms with Gasteiger partial charge < -0.3 is 14.9 Å². The fourth-order valence-corrected chi connectivity index (χ4v) is 3.57. The highest BCUT2D eigenvalue weighted by Crippen LogP contribution is 2.20. The maximum atomic E-state index is 12.6. The molecule has 0 unspecified atom stereocenters. The maximum absolute atomic E-state index is 12.6. The number of aromatic nitrogens is 1. The lowest BCUT2D eigenvalue weighted by atomic mass is 10.1. The van der Waals surface area contributed by atoms with Crippen LogP contribution in [0.1, 0.15) is 29.0 Å². The van der Waals surface area contributed by atoms with Crippen LogP contribution < -0.4 is 5.32 Å². The zero-order chi connectivity index (χ0) is 18.7. The molecule has 1 aliphatic heterocycles. The SMILES string of the molecule is Cc1cc(CCN2C[C@H](O)C[C@H]2C(=O)NCc2ccc(Cl)cc2C)on1. The molecule has 2 N–H and O–H groups in total. The fraction of sp³-hybridized carbons (Fsp3) is 0.474. The van der Waals surface area contributed by atoms with Crippen molar-refractivity contribution < 1.29 is 14.4 Å². The number of likely N-dealkylation sites (tertiary alicyclic amines) is 1. The minimum atomic E-state index is -0.487. The number of hydrogen-bond donors (Lipinski definition) is 2. The molecule has 1 saturated heterocycles. The van der Waals surface area contributed by atoms with Crippen LogP contribution in [0.2, 0.25) is 5.02 Å². The zero-order valence-corrected chi connectivity index (χ0v) is 15.8. The lowest BCUT2D eigenvalue weighted by Crippen LogP contribution is -2.43. The molecule has 1 amide bonds. The average Bonchev–Trinajstić information content (AvgIpc) is 3.17. The van der Waals surface area contributed by atoms with E-state index in [1.54, 1.807) is 0 Å². The highest BCUT2D eigenvalue weighted by molar-refractivity contribution is 6.30. The van der Waals surface area contributed by atoms with Gasteiger partial charge in [-0.1, -0.05) is 22.8 Å². The van der Waals surface area contributed by atoms with E-state index < -0.39 is 6.10 Å². The Hall–Kier alpha value is -1.89. The second kappa shape index (κ2) is 8.20. The van der Waals surface area contributed by atoms with Crippen LogP contribution in [0.4, 0.5) is 0 Å². The Balaban J connectivity index is 1.57. The van der Waals surface area contributed by atoms with Crippen LogP contribution >= 0.6 is 11.6 Å². The molecule has 1 aromatic carbocycles. The summed E-state index contributed by atoms with van der Waals surface area (Å²) in [5, 5.41) is 17.6. The van der Waals surface area contributed by atoms with Gasteiger partial charge >= 0.3 is 0 Å². The van der Waals surface area contributed by atoms with Gasteiger partial charge in [-0.15, -0.1) is 0 Å². The van der Waals surface area contributed by atoms with Crippen LogP contribution in [-0.4, -0.2) is 46.3 Å². The van der Waals surface area contributed by atoms with E-state index in [-0.39, 0.29) is 11.9 Å². The second-order valence-corrected chi connectivity index (χ2v) is 7.31. The first-order chi connectivity index (χ1) is 12.4. The third-order valence-electron chi connectivity index (χ3n) is 4.76. The number of rotatable bonds is 6. The van der Waals surface area contributed by atoms with E-state index in [0.29, 0.717) is 37.5 Å². The number of hydrogen-bond acceptors (Lipinski definition) is 5. The first kappa shape index (κ1) is 18.9. The van der Waals surface area contributed by atoms with E-state index in [9.17, 15) is 9.90 Å². The summed E-state index contributed by atoms with van der Waals surface area (Å²) in [5.74, 6) is 0.726. The number of carbonyl (C=O) groups is 1. The number of aliphatic hydroxyl groups is 1. The smallest absolute Gasteiger partial charge is 0.237 e. The second-order valence-electron chi connectivity index (χ2n) is 6.87. The first-order valence-electron chi connectivity index (χ1n) is 8.79. The predicted octanol–water partition coefficient (Wildman–Crippen LogP) is 2.24. The molecule has 7 heteroatoms. The van der Waals surface area contributed by atoms with Crippen molar-refractivity contribution in [3.63, 3.8) is 0 Å². The Kier molecular flexibility index (Phi) is 5.96. The first-order valence-corrected chi connectivity index (χ1v) is 9.17. The number of β-amino-alcohol motifs (C(OH)–C–C–N with tert-alkyl or cyclic N) is 1. The molecular formula is C19H24ClN3O3. The van der Waals surface area contributed by atoms with Crippen molar-refractivity contribution in [2.24, 2.45) is 0 Å². The maximum Gasteiger partial charge on any atom is 0.237 e. The number of aliphatic hydroxyl groups excluding tert-OH is 1. The van der Waals surface area contributed by atoms with Gasteiger partial charge in [-0.2, -0.15) is 0 Å². The Morgan fingerprint density at radius 2 is 2.23 bits per heavy atom. The number of amides is 1. The van der Waals surface area contributed by atoms with Crippen molar-refractivity contribution in [2.75, 3.05) is 13.1 Å². The van der Waals surface area contributed by atoms with E-state index in [4.69, 9.17) is 16.1 Å². The molecule has 1 fully saturated rings. The van der Waals surface area contributed by atoms with Gasteiger partial charge in [0.2, 0.25) is 5.91 Å². The van der Waals surface area contributed by atoms with Gasteiger partial charge in [-0.3, -0.25) is 9.69 Å². The van der Waals surface area contributed by atoms with Crippen LogP contribution in [0, 0.1) is 13.8 Å². The number of nitrogens with zero attached hydrogens (tertiary/aromatic N) is 2. The topological polar surface area (TPSA) is 78.6 Å². The molecule has 1 aromatic heterocycles. The van der Waals surface area contributed by atoms with Crippen molar-refractivity contribution >= 4 is 17.5 Å². The Bertz CT molecular complexity index is 777. The Morgan fingerprint density at radius 3 is 2.92 bits per heavy atom. The Labute approximate surface area is 158 Å². The third kappa shape index (κ3) is 4.63. The number of benzene rings is 1. The quantitative estimate of drug-likeness (QED) is 0.807. The number of carbonyl (C=O) groups excluding carboxylic acids is 1. The number of aryl methyl sites for hydroxylation is 2. The average molecular weight is 378 g/mol. The highest BCUT2D eigenvalue weighted by atomic mass is 35.5. The molecular weight excluding hydrogens is 354 g/mol. The molecule has 0 bridgehead atoms. The van der Waals surface area contributed by atoms with E-state index >= 15 is 0 Å². The number of halogens is 1. The third-order valence-corrected chi connectivity index (χ3v) is 5.00. The molecule has 1 aliphatic rings. The van der Waals surface area contributed by atoms with Crippen molar-refractivity contribution in [2.45, 2.75) is 45.4 Å². The lowest BCUT2D eigenvalue weighted by molar-refractivity contribution is -0.125. The minimum Gasteiger partial charge on any atom is -0.392 e.